The van der Waals surface area contributed by atoms with E-state index in [1.165, 1.54) is 47.8 Å². The zero-order chi connectivity index (χ0) is 14.3. The normalized spacial score (nSPS) is 11.8. The Bertz CT molecular complexity index is 419. The van der Waals surface area contributed by atoms with E-state index in [1.54, 1.807) is 0 Å². The predicted octanol–water partition coefficient (Wildman–Crippen LogP) is 0.406. The Morgan fingerprint density at radius 1 is 0.737 bits per heavy atom. The van der Waals surface area contributed by atoms with E-state index in [-0.39, 0.29) is 13.1 Å². The number of carbonyl (C=O) groups excluding carboxylic acids is 4. The monoisotopic (exact) mass is 300 g/mol. The first kappa shape index (κ1) is 17.2. The molecule has 0 bridgehead atoms. The first-order valence-corrected chi connectivity index (χ1v) is 6.82. The van der Waals surface area contributed by atoms with Gasteiger partial charge >= 0.3 is 0 Å². The first-order chi connectivity index (χ1) is 9.28. The van der Waals surface area contributed by atoms with Crippen LogP contribution in [0.2, 0.25) is 0 Å². The lowest BCUT2D eigenvalue weighted by Crippen LogP contribution is -2.07. The topological polar surface area (TPSA) is 118 Å². The summed E-state index contributed by atoms with van der Waals surface area (Å²) in [4.78, 5) is 53.7. The minimum absolute atomic E-state index is 0.0120. The van der Waals surface area contributed by atoms with Crippen molar-refractivity contribution in [2.45, 2.75) is 10.7 Å². The van der Waals surface area contributed by atoms with Gasteiger partial charge in [-0.1, -0.05) is 0 Å². The molecule has 0 spiro atoms. The summed E-state index contributed by atoms with van der Waals surface area (Å²) < 4.78 is 0. The van der Waals surface area contributed by atoms with Gasteiger partial charge < -0.3 is 0 Å². The number of nitrogens with zero attached hydrogens (tertiary/aromatic N) is 4. The van der Waals surface area contributed by atoms with Gasteiger partial charge in [0.15, 0.2) is 0 Å². The SMILES string of the molecule is O=C=NCC(N=C=O)SCSC(CN=C=O)N=C=O. The fourth-order valence-corrected chi connectivity index (χ4v) is 2.97. The molecule has 0 aliphatic rings. The quantitative estimate of drug-likeness (QED) is 0.327. The van der Waals surface area contributed by atoms with Gasteiger partial charge in [-0.2, -0.15) is 9.98 Å². The fraction of sp³-hybridized carbons (Fsp3) is 0.556. The molecular formula is C9H8N4O4S2. The summed E-state index contributed by atoms with van der Waals surface area (Å²) in [7, 11) is 0. The number of rotatable bonds is 10. The molecule has 0 fully saturated rings. The number of hydrogen-bond donors (Lipinski definition) is 0. The van der Waals surface area contributed by atoms with Crippen LogP contribution in [0.25, 0.3) is 0 Å². The standard InChI is InChI=1S/C9H8N4O4S2/c14-3-10-1-8(12-5-16)18-7-19-9(13-6-17)2-11-4-15/h8-9H,1-2,7H2. The van der Waals surface area contributed by atoms with Gasteiger partial charge in [0.05, 0.1) is 13.1 Å². The van der Waals surface area contributed by atoms with Gasteiger partial charge in [-0.3, -0.25) is 0 Å². The highest BCUT2D eigenvalue weighted by atomic mass is 32.2. The molecule has 0 saturated heterocycles. The van der Waals surface area contributed by atoms with E-state index >= 15 is 0 Å². The minimum atomic E-state index is -0.554. The highest BCUT2D eigenvalue weighted by molar-refractivity contribution is 8.16. The predicted molar refractivity (Wildman–Crippen MR) is 69.8 cm³/mol. The lowest BCUT2D eigenvalue weighted by Gasteiger charge is -2.09. The molecule has 0 heterocycles. The number of thioether (sulfide) groups is 2. The van der Waals surface area contributed by atoms with Crippen LogP contribution in [0.5, 0.6) is 0 Å². The van der Waals surface area contributed by atoms with E-state index in [0.29, 0.717) is 5.08 Å². The third-order valence-electron chi connectivity index (χ3n) is 1.54. The number of isocyanates is 4. The van der Waals surface area contributed by atoms with Crippen LogP contribution < -0.4 is 0 Å². The van der Waals surface area contributed by atoms with Crippen molar-refractivity contribution in [1.29, 1.82) is 0 Å². The molecule has 100 valence electrons. The Morgan fingerprint density at radius 3 is 1.47 bits per heavy atom. The largest absolute Gasteiger partial charge is 0.236 e. The molecule has 0 aromatic carbocycles. The Balaban J connectivity index is 4.25. The third kappa shape index (κ3) is 9.88. The summed E-state index contributed by atoms with van der Waals surface area (Å²) in [5, 5.41) is -0.710. The van der Waals surface area contributed by atoms with Gasteiger partial charge in [-0.05, 0) is 0 Å². The maximum Gasteiger partial charge on any atom is 0.236 e. The molecule has 8 nitrogen and oxygen atoms in total. The number of aliphatic imine (C=N–C) groups is 4. The zero-order valence-electron chi connectivity index (χ0n) is 9.51. The van der Waals surface area contributed by atoms with Crippen LogP contribution in [0.1, 0.15) is 0 Å². The first-order valence-electron chi connectivity index (χ1n) is 4.73. The molecule has 0 aliphatic heterocycles. The molecule has 0 N–H and O–H groups in total. The van der Waals surface area contributed by atoms with Gasteiger partial charge in [0, 0.05) is 5.08 Å². The Kier molecular flexibility index (Phi) is 11.5. The second-order valence-corrected chi connectivity index (χ2v) is 5.36. The Hall–Kier alpha value is -1.78. The lowest BCUT2D eigenvalue weighted by atomic mass is 10.6. The summed E-state index contributed by atoms with van der Waals surface area (Å²) in [6, 6.07) is 0. The van der Waals surface area contributed by atoms with Crippen molar-refractivity contribution in [3.05, 3.63) is 0 Å². The maximum atomic E-state index is 10.1. The molecule has 0 aliphatic carbocycles. The van der Waals surface area contributed by atoms with Crippen LogP contribution in [0.3, 0.4) is 0 Å². The van der Waals surface area contributed by atoms with Crippen LogP contribution >= 0.6 is 23.5 Å². The zero-order valence-corrected chi connectivity index (χ0v) is 11.1. The molecule has 0 rings (SSSR count). The fourth-order valence-electron chi connectivity index (χ4n) is 0.806. The molecule has 2 atom stereocenters. The summed E-state index contributed by atoms with van der Waals surface area (Å²) in [6.07, 6.45) is 5.43. The lowest BCUT2D eigenvalue weighted by molar-refractivity contribution is 0.559. The van der Waals surface area contributed by atoms with E-state index in [2.05, 4.69) is 20.0 Å². The van der Waals surface area contributed by atoms with Crippen molar-refractivity contribution in [2.75, 3.05) is 18.2 Å². The van der Waals surface area contributed by atoms with E-state index in [9.17, 15) is 19.2 Å². The average Bonchev–Trinajstić information content (AvgIpc) is 2.42. The molecule has 0 radical (unpaired) electrons. The van der Waals surface area contributed by atoms with Crippen LogP contribution in [-0.2, 0) is 19.2 Å². The molecule has 0 aromatic heterocycles. The van der Waals surface area contributed by atoms with Crippen LogP contribution in [-0.4, -0.2) is 53.2 Å². The van der Waals surface area contributed by atoms with Crippen molar-refractivity contribution in [3.63, 3.8) is 0 Å². The van der Waals surface area contributed by atoms with Crippen LogP contribution in [0, 0.1) is 0 Å². The van der Waals surface area contributed by atoms with Crippen molar-refractivity contribution in [1.82, 2.24) is 0 Å². The molecule has 0 amide bonds. The van der Waals surface area contributed by atoms with Gasteiger partial charge in [-0.15, -0.1) is 23.5 Å². The molecule has 0 aromatic rings. The van der Waals surface area contributed by atoms with Crippen molar-refractivity contribution >= 4 is 47.8 Å². The van der Waals surface area contributed by atoms with E-state index in [1.807, 2.05) is 0 Å². The average molecular weight is 300 g/mol. The van der Waals surface area contributed by atoms with Crippen LogP contribution in [0.4, 0.5) is 0 Å². The smallest absolute Gasteiger partial charge is 0.211 e. The summed E-state index contributed by atoms with van der Waals surface area (Å²) in [5.41, 5.74) is 0. The van der Waals surface area contributed by atoms with Crippen LogP contribution in [0.15, 0.2) is 20.0 Å². The van der Waals surface area contributed by atoms with Crippen molar-refractivity contribution in [3.8, 4) is 0 Å². The Labute approximate surface area is 116 Å². The molecule has 0 saturated carbocycles. The van der Waals surface area contributed by atoms with Crippen molar-refractivity contribution < 1.29 is 19.2 Å². The third-order valence-corrected chi connectivity index (χ3v) is 3.91. The summed E-state index contributed by atoms with van der Waals surface area (Å²) >= 11 is 2.41. The molecule has 2 unspecified atom stereocenters. The van der Waals surface area contributed by atoms with Gasteiger partial charge in [0.2, 0.25) is 24.3 Å². The van der Waals surface area contributed by atoms with Gasteiger partial charge in [-0.25, -0.2) is 29.2 Å². The number of hydrogen-bond acceptors (Lipinski definition) is 10. The Morgan fingerprint density at radius 2 is 1.16 bits per heavy atom. The van der Waals surface area contributed by atoms with E-state index in [4.69, 9.17) is 0 Å². The molecule has 10 heteroatoms. The highest BCUT2D eigenvalue weighted by Crippen LogP contribution is 2.23. The summed E-state index contributed by atoms with van der Waals surface area (Å²) in [5.74, 6) is 0. The van der Waals surface area contributed by atoms with E-state index in [0.717, 1.165) is 0 Å². The second-order valence-electron chi connectivity index (χ2n) is 2.67. The molecular weight excluding hydrogens is 292 g/mol. The maximum absolute atomic E-state index is 10.1. The second kappa shape index (κ2) is 12.7. The summed E-state index contributed by atoms with van der Waals surface area (Å²) in [6.45, 7) is 0.0240. The minimum Gasteiger partial charge on any atom is -0.211 e. The highest BCUT2D eigenvalue weighted by Gasteiger charge is 2.11. The van der Waals surface area contributed by atoms with Crippen molar-refractivity contribution in [2.24, 2.45) is 20.0 Å². The van der Waals surface area contributed by atoms with Gasteiger partial charge in [0.1, 0.15) is 10.7 Å². The van der Waals surface area contributed by atoms with E-state index < -0.39 is 10.7 Å². The molecule has 19 heavy (non-hydrogen) atoms. The van der Waals surface area contributed by atoms with Gasteiger partial charge in [0.25, 0.3) is 0 Å².